The van der Waals surface area contributed by atoms with Gasteiger partial charge in [0.2, 0.25) is 0 Å². The third-order valence-electron chi connectivity index (χ3n) is 1.96. The second-order valence-electron chi connectivity index (χ2n) is 3.02. The van der Waals surface area contributed by atoms with Crippen molar-refractivity contribution in [1.82, 2.24) is 4.98 Å². The largest absolute Gasteiger partial charge is 0.232 e. The number of hydrogen-bond donors (Lipinski definition) is 0. The standard InChI is InChI=1S/C10H6Cl3NS/c1-5-2-3-15-9(5)8-6(11)4-7(12)10(13)14-8/h2-4H,1H3. The van der Waals surface area contributed by atoms with Crippen LogP contribution in [0.15, 0.2) is 17.5 Å². The van der Waals surface area contributed by atoms with Gasteiger partial charge in [-0.3, -0.25) is 0 Å². The Balaban J connectivity index is 2.64. The van der Waals surface area contributed by atoms with Crippen LogP contribution in [-0.2, 0) is 0 Å². The van der Waals surface area contributed by atoms with E-state index in [1.165, 1.54) is 0 Å². The fraction of sp³-hybridized carbons (Fsp3) is 0.100. The molecule has 2 aromatic rings. The Bertz CT molecular complexity index is 507. The topological polar surface area (TPSA) is 12.9 Å². The number of aromatic nitrogens is 1. The fourth-order valence-corrected chi connectivity index (χ4v) is 2.80. The number of rotatable bonds is 1. The van der Waals surface area contributed by atoms with Gasteiger partial charge in [-0.05, 0) is 30.0 Å². The fourth-order valence-electron chi connectivity index (χ4n) is 1.22. The zero-order chi connectivity index (χ0) is 11.0. The Morgan fingerprint density at radius 2 is 1.93 bits per heavy atom. The van der Waals surface area contributed by atoms with Crippen LogP contribution in [0, 0.1) is 6.92 Å². The molecule has 5 heteroatoms. The van der Waals surface area contributed by atoms with Crippen LogP contribution in [-0.4, -0.2) is 4.98 Å². The first kappa shape index (κ1) is 11.2. The van der Waals surface area contributed by atoms with Gasteiger partial charge in [-0.25, -0.2) is 4.98 Å². The molecule has 2 heterocycles. The zero-order valence-corrected chi connectivity index (χ0v) is 10.8. The SMILES string of the molecule is Cc1ccsc1-c1nc(Cl)c(Cl)cc1Cl. The minimum atomic E-state index is 0.281. The van der Waals surface area contributed by atoms with Crippen molar-refractivity contribution in [3.63, 3.8) is 0 Å². The first-order valence-electron chi connectivity index (χ1n) is 4.15. The molecular weight excluding hydrogens is 273 g/mol. The van der Waals surface area contributed by atoms with Crippen molar-refractivity contribution in [3.05, 3.63) is 38.3 Å². The highest BCUT2D eigenvalue weighted by molar-refractivity contribution is 7.13. The predicted molar refractivity (Wildman–Crippen MR) is 67.3 cm³/mol. The summed E-state index contributed by atoms with van der Waals surface area (Å²) in [5, 5.41) is 3.17. The Morgan fingerprint density at radius 1 is 1.20 bits per heavy atom. The van der Waals surface area contributed by atoms with Crippen molar-refractivity contribution >= 4 is 46.1 Å². The molecule has 0 spiro atoms. The zero-order valence-electron chi connectivity index (χ0n) is 7.72. The third-order valence-corrected chi connectivity index (χ3v) is 3.95. The van der Waals surface area contributed by atoms with Gasteiger partial charge < -0.3 is 0 Å². The molecule has 0 aliphatic heterocycles. The van der Waals surface area contributed by atoms with Gasteiger partial charge in [0, 0.05) is 0 Å². The average molecular weight is 279 g/mol. The Labute approximate surface area is 107 Å². The number of halogens is 3. The normalized spacial score (nSPS) is 10.7. The number of hydrogen-bond acceptors (Lipinski definition) is 2. The van der Waals surface area contributed by atoms with Crippen LogP contribution in [0.5, 0.6) is 0 Å². The van der Waals surface area contributed by atoms with Crippen molar-refractivity contribution in [1.29, 1.82) is 0 Å². The maximum atomic E-state index is 6.07. The molecule has 0 N–H and O–H groups in total. The van der Waals surface area contributed by atoms with Gasteiger partial charge in [-0.2, -0.15) is 0 Å². The van der Waals surface area contributed by atoms with Crippen LogP contribution < -0.4 is 0 Å². The number of nitrogens with zero attached hydrogens (tertiary/aromatic N) is 1. The molecule has 0 aliphatic carbocycles. The van der Waals surface area contributed by atoms with Crippen molar-refractivity contribution in [2.75, 3.05) is 0 Å². The highest BCUT2D eigenvalue weighted by Crippen LogP contribution is 2.36. The molecule has 0 aromatic carbocycles. The highest BCUT2D eigenvalue weighted by atomic mass is 35.5. The van der Waals surface area contributed by atoms with Crippen LogP contribution in [0.2, 0.25) is 15.2 Å². The van der Waals surface area contributed by atoms with Crippen molar-refractivity contribution in [2.45, 2.75) is 6.92 Å². The highest BCUT2D eigenvalue weighted by Gasteiger charge is 2.12. The van der Waals surface area contributed by atoms with Crippen LogP contribution in [0.4, 0.5) is 0 Å². The summed E-state index contributed by atoms with van der Waals surface area (Å²) in [6.07, 6.45) is 0. The van der Waals surface area contributed by atoms with E-state index in [4.69, 9.17) is 34.8 Å². The Hall–Kier alpha value is -0.280. The minimum Gasteiger partial charge on any atom is -0.232 e. The van der Waals surface area contributed by atoms with Gasteiger partial charge in [0.1, 0.15) is 10.8 Å². The molecule has 0 saturated carbocycles. The summed E-state index contributed by atoms with van der Waals surface area (Å²) < 4.78 is 0. The number of pyridine rings is 1. The summed E-state index contributed by atoms with van der Waals surface area (Å²) in [7, 11) is 0. The minimum absolute atomic E-state index is 0.281. The van der Waals surface area contributed by atoms with Crippen molar-refractivity contribution in [2.24, 2.45) is 0 Å². The van der Waals surface area contributed by atoms with E-state index in [9.17, 15) is 0 Å². The molecule has 78 valence electrons. The van der Waals surface area contributed by atoms with E-state index in [0.29, 0.717) is 15.7 Å². The van der Waals surface area contributed by atoms with Crippen LogP contribution in [0.1, 0.15) is 5.56 Å². The molecule has 0 bridgehead atoms. The van der Waals surface area contributed by atoms with Gasteiger partial charge in [-0.15, -0.1) is 11.3 Å². The van der Waals surface area contributed by atoms with E-state index in [1.54, 1.807) is 17.4 Å². The molecular formula is C10H6Cl3NS. The smallest absolute Gasteiger partial charge is 0.148 e. The van der Waals surface area contributed by atoms with E-state index in [0.717, 1.165) is 10.4 Å². The lowest BCUT2D eigenvalue weighted by Crippen LogP contribution is -1.86. The first-order chi connectivity index (χ1) is 7.09. The lowest BCUT2D eigenvalue weighted by Gasteiger charge is -2.04. The van der Waals surface area contributed by atoms with Crippen molar-refractivity contribution in [3.8, 4) is 10.6 Å². The second kappa shape index (κ2) is 4.30. The third kappa shape index (κ3) is 2.13. The summed E-state index contributed by atoms with van der Waals surface area (Å²) in [4.78, 5) is 5.21. The lowest BCUT2D eigenvalue weighted by molar-refractivity contribution is 1.33. The molecule has 2 aromatic heterocycles. The lowest BCUT2D eigenvalue weighted by atomic mass is 10.2. The van der Waals surface area contributed by atoms with Crippen molar-refractivity contribution < 1.29 is 0 Å². The second-order valence-corrected chi connectivity index (χ2v) is 5.11. The quantitative estimate of drug-likeness (QED) is 0.663. The van der Waals surface area contributed by atoms with E-state index >= 15 is 0 Å². The molecule has 1 nitrogen and oxygen atoms in total. The summed E-state index contributed by atoms with van der Waals surface area (Å²) in [5.41, 5.74) is 1.83. The summed E-state index contributed by atoms with van der Waals surface area (Å²) in [6, 6.07) is 3.63. The molecule has 0 radical (unpaired) electrons. The molecule has 0 fully saturated rings. The van der Waals surface area contributed by atoms with Gasteiger partial charge >= 0.3 is 0 Å². The van der Waals surface area contributed by atoms with Gasteiger partial charge in [-0.1, -0.05) is 34.8 Å². The molecule has 0 saturated heterocycles. The van der Waals surface area contributed by atoms with Crippen LogP contribution >= 0.6 is 46.1 Å². The predicted octanol–water partition coefficient (Wildman–Crippen LogP) is 5.08. The van der Waals surface area contributed by atoms with E-state index in [-0.39, 0.29) is 5.15 Å². The van der Waals surface area contributed by atoms with Crippen LogP contribution in [0.25, 0.3) is 10.6 Å². The summed E-state index contributed by atoms with van der Waals surface area (Å²) in [5.74, 6) is 0. The Morgan fingerprint density at radius 3 is 2.53 bits per heavy atom. The molecule has 0 unspecified atom stereocenters. The van der Waals surface area contributed by atoms with Gasteiger partial charge in [0.25, 0.3) is 0 Å². The van der Waals surface area contributed by atoms with E-state index in [1.807, 2.05) is 18.4 Å². The average Bonchev–Trinajstić information content (AvgIpc) is 2.58. The molecule has 0 aliphatic rings. The maximum absolute atomic E-state index is 6.07. The molecule has 0 amide bonds. The molecule has 2 rings (SSSR count). The van der Waals surface area contributed by atoms with Gasteiger partial charge in [0.05, 0.1) is 14.9 Å². The molecule has 0 atom stereocenters. The maximum Gasteiger partial charge on any atom is 0.148 e. The summed E-state index contributed by atoms with van der Waals surface area (Å²) in [6.45, 7) is 2.01. The van der Waals surface area contributed by atoms with Crippen LogP contribution in [0.3, 0.4) is 0 Å². The Kier molecular flexibility index (Phi) is 3.21. The monoisotopic (exact) mass is 277 g/mol. The first-order valence-corrected chi connectivity index (χ1v) is 6.17. The van der Waals surface area contributed by atoms with E-state index < -0.39 is 0 Å². The van der Waals surface area contributed by atoms with E-state index in [2.05, 4.69) is 4.98 Å². The number of thiophene rings is 1. The molecule has 15 heavy (non-hydrogen) atoms. The number of aryl methyl sites for hydroxylation is 1. The van der Waals surface area contributed by atoms with Gasteiger partial charge in [0.15, 0.2) is 0 Å². The summed E-state index contributed by atoms with van der Waals surface area (Å²) >= 11 is 19.3.